The number of benzene rings is 2. The minimum Gasteiger partial charge on any atom is -0.497 e. The number of carbonyl (C=O) groups excluding carboxylic acids is 1. The van der Waals surface area contributed by atoms with E-state index in [0.29, 0.717) is 13.1 Å². The van der Waals surface area contributed by atoms with Gasteiger partial charge in [0.05, 0.1) is 23.1 Å². The van der Waals surface area contributed by atoms with Crippen molar-refractivity contribution >= 4 is 27.5 Å². The molecular weight excluding hydrogens is 440 g/mol. The van der Waals surface area contributed by atoms with E-state index in [4.69, 9.17) is 21.1 Å². The Hall–Kier alpha value is -2.29. The lowest BCUT2D eigenvalue weighted by molar-refractivity contribution is -0.123. The second kappa shape index (κ2) is 10.3. The number of hydrogen-bond donors (Lipinski definition) is 1. The molecule has 3 rings (SSSR count). The van der Waals surface area contributed by atoms with Crippen molar-refractivity contribution < 1.29 is 22.7 Å². The SMILES string of the molecule is COc1ccc([C@H](C)NC(=O)COc2ccc(S(=O)(=O)N3CCCCC3)cc2Cl)cc1. The van der Waals surface area contributed by atoms with Crippen LogP contribution in [-0.2, 0) is 14.8 Å². The van der Waals surface area contributed by atoms with Gasteiger partial charge in [-0.1, -0.05) is 30.2 Å². The molecule has 1 saturated heterocycles. The van der Waals surface area contributed by atoms with E-state index in [-0.39, 0.29) is 34.2 Å². The highest BCUT2D eigenvalue weighted by Crippen LogP contribution is 2.29. The Bertz CT molecular complexity index is 1010. The van der Waals surface area contributed by atoms with Crippen LogP contribution in [0.15, 0.2) is 47.4 Å². The molecule has 7 nitrogen and oxygen atoms in total. The first-order valence-corrected chi connectivity index (χ1v) is 12.0. The van der Waals surface area contributed by atoms with Gasteiger partial charge in [-0.2, -0.15) is 4.31 Å². The summed E-state index contributed by atoms with van der Waals surface area (Å²) in [6.45, 7) is 2.67. The van der Waals surface area contributed by atoms with Crippen molar-refractivity contribution in [1.29, 1.82) is 0 Å². The van der Waals surface area contributed by atoms with Crippen LogP contribution in [0, 0.1) is 0 Å². The third-order valence-electron chi connectivity index (χ3n) is 5.21. The molecule has 1 fully saturated rings. The number of sulfonamides is 1. The zero-order valence-corrected chi connectivity index (χ0v) is 19.2. The summed E-state index contributed by atoms with van der Waals surface area (Å²) in [5.74, 6) is 0.682. The summed E-state index contributed by atoms with van der Waals surface area (Å²) in [6.07, 6.45) is 2.76. The van der Waals surface area contributed by atoms with E-state index in [1.807, 2.05) is 31.2 Å². The maximum atomic E-state index is 12.8. The number of nitrogens with one attached hydrogen (secondary N) is 1. The Kier molecular flexibility index (Phi) is 7.80. The van der Waals surface area contributed by atoms with Gasteiger partial charge in [-0.25, -0.2) is 8.42 Å². The quantitative estimate of drug-likeness (QED) is 0.640. The zero-order chi connectivity index (χ0) is 22.4. The Labute approximate surface area is 188 Å². The molecule has 2 aromatic rings. The van der Waals surface area contributed by atoms with Crippen molar-refractivity contribution in [1.82, 2.24) is 9.62 Å². The zero-order valence-electron chi connectivity index (χ0n) is 17.6. The molecule has 1 heterocycles. The van der Waals surface area contributed by atoms with Gasteiger partial charge in [0, 0.05) is 13.1 Å². The van der Waals surface area contributed by atoms with Gasteiger partial charge in [0.2, 0.25) is 10.0 Å². The molecule has 0 unspecified atom stereocenters. The molecule has 0 spiro atoms. The van der Waals surface area contributed by atoms with E-state index in [1.54, 1.807) is 7.11 Å². The van der Waals surface area contributed by atoms with Crippen LogP contribution >= 0.6 is 11.6 Å². The topological polar surface area (TPSA) is 84.9 Å². The Balaban J connectivity index is 1.58. The summed E-state index contributed by atoms with van der Waals surface area (Å²) in [7, 11) is -1.98. The monoisotopic (exact) mass is 466 g/mol. The van der Waals surface area contributed by atoms with E-state index in [2.05, 4.69) is 5.32 Å². The number of halogens is 1. The number of piperidine rings is 1. The maximum Gasteiger partial charge on any atom is 0.258 e. The second-order valence-electron chi connectivity index (χ2n) is 7.41. The van der Waals surface area contributed by atoms with E-state index in [9.17, 15) is 13.2 Å². The molecule has 1 aliphatic heterocycles. The van der Waals surface area contributed by atoms with Crippen molar-refractivity contribution in [3.63, 3.8) is 0 Å². The first-order valence-electron chi connectivity index (χ1n) is 10.2. The van der Waals surface area contributed by atoms with Gasteiger partial charge in [-0.15, -0.1) is 0 Å². The van der Waals surface area contributed by atoms with E-state index in [1.165, 1.54) is 22.5 Å². The lowest BCUT2D eigenvalue weighted by atomic mass is 10.1. The first kappa shape index (κ1) is 23.4. The average molecular weight is 467 g/mol. The summed E-state index contributed by atoms with van der Waals surface area (Å²) in [4.78, 5) is 12.4. The van der Waals surface area contributed by atoms with Crippen LogP contribution in [-0.4, -0.2) is 45.4 Å². The van der Waals surface area contributed by atoms with Gasteiger partial charge in [0.15, 0.2) is 6.61 Å². The Morgan fingerprint density at radius 2 is 1.81 bits per heavy atom. The molecule has 1 amide bonds. The molecule has 0 bridgehead atoms. The molecule has 1 aliphatic rings. The van der Waals surface area contributed by atoms with Gasteiger partial charge < -0.3 is 14.8 Å². The lowest BCUT2D eigenvalue weighted by Gasteiger charge is -2.26. The lowest BCUT2D eigenvalue weighted by Crippen LogP contribution is -2.35. The first-order chi connectivity index (χ1) is 14.8. The van der Waals surface area contributed by atoms with Crippen molar-refractivity contribution in [2.24, 2.45) is 0 Å². The molecule has 1 atom stereocenters. The summed E-state index contributed by atoms with van der Waals surface area (Å²) in [5.41, 5.74) is 0.930. The number of amides is 1. The highest BCUT2D eigenvalue weighted by atomic mass is 35.5. The minimum atomic E-state index is -3.58. The van der Waals surface area contributed by atoms with Crippen LogP contribution in [0.4, 0.5) is 0 Å². The molecule has 1 N–H and O–H groups in total. The van der Waals surface area contributed by atoms with E-state index in [0.717, 1.165) is 30.6 Å². The van der Waals surface area contributed by atoms with Crippen molar-refractivity contribution in [2.75, 3.05) is 26.8 Å². The molecule has 0 radical (unpaired) electrons. The number of ether oxygens (including phenoxy) is 2. The fourth-order valence-electron chi connectivity index (χ4n) is 3.42. The molecule has 0 aliphatic carbocycles. The normalized spacial score (nSPS) is 15.8. The highest BCUT2D eigenvalue weighted by molar-refractivity contribution is 7.89. The summed E-state index contributed by atoms with van der Waals surface area (Å²) < 4.78 is 37.7. The molecule has 168 valence electrons. The van der Waals surface area contributed by atoms with Crippen molar-refractivity contribution in [3.05, 3.63) is 53.1 Å². The predicted molar refractivity (Wildman–Crippen MR) is 119 cm³/mol. The van der Waals surface area contributed by atoms with Crippen LogP contribution in [0.25, 0.3) is 0 Å². The molecular formula is C22H27ClN2O5S. The molecule has 31 heavy (non-hydrogen) atoms. The van der Waals surface area contributed by atoms with Crippen molar-refractivity contribution in [2.45, 2.75) is 37.1 Å². The molecule has 2 aromatic carbocycles. The molecule has 0 aromatic heterocycles. The van der Waals surface area contributed by atoms with Crippen LogP contribution in [0.1, 0.15) is 37.8 Å². The Morgan fingerprint density at radius 3 is 2.42 bits per heavy atom. The van der Waals surface area contributed by atoms with Crippen LogP contribution in [0.2, 0.25) is 5.02 Å². The van der Waals surface area contributed by atoms with Crippen LogP contribution < -0.4 is 14.8 Å². The number of methoxy groups -OCH3 is 1. The van der Waals surface area contributed by atoms with E-state index < -0.39 is 10.0 Å². The number of carbonyl (C=O) groups is 1. The van der Waals surface area contributed by atoms with Crippen molar-refractivity contribution in [3.8, 4) is 11.5 Å². The molecule has 0 saturated carbocycles. The standard InChI is InChI=1S/C22H27ClN2O5S/c1-16(17-6-8-18(29-2)9-7-17)24-22(26)15-30-21-11-10-19(14-20(21)23)31(27,28)25-12-4-3-5-13-25/h6-11,14,16H,3-5,12-13,15H2,1-2H3,(H,24,26)/t16-/m0/s1. The predicted octanol–water partition coefficient (Wildman–Crippen LogP) is 3.78. The maximum absolute atomic E-state index is 12.8. The van der Waals surface area contributed by atoms with E-state index >= 15 is 0 Å². The van der Waals surface area contributed by atoms with Gasteiger partial charge >= 0.3 is 0 Å². The van der Waals surface area contributed by atoms with Gasteiger partial charge in [-0.3, -0.25) is 4.79 Å². The average Bonchev–Trinajstić information content (AvgIpc) is 2.78. The van der Waals surface area contributed by atoms with Gasteiger partial charge in [0.1, 0.15) is 11.5 Å². The minimum absolute atomic E-state index is 0.129. The Morgan fingerprint density at radius 1 is 1.13 bits per heavy atom. The molecule has 9 heteroatoms. The van der Waals surface area contributed by atoms with Crippen LogP contribution in [0.3, 0.4) is 0 Å². The summed E-state index contributed by atoms with van der Waals surface area (Å²) in [5, 5.41) is 3.00. The third-order valence-corrected chi connectivity index (χ3v) is 7.40. The van der Waals surface area contributed by atoms with Crippen LogP contribution in [0.5, 0.6) is 11.5 Å². The second-order valence-corrected chi connectivity index (χ2v) is 9.75. The third kappa shape index (κ3) is 5.90. The largest absolute Gasteiger partial charge is 0.497 e. The number of rotatable bonds is 8. The fourth-order valence-corrected chi connectivity index (χ4v) is 5.26. The fraction of sp³-hybridized carbons (Fsp3) is 0.409. The summed E-state index contributed by atoms with van der Waals surface area (Å²) >= 11 is 6.24. The van der Waals surface area contributed by atoms with Gasteiger partial charge in [0.25, 0.3) is 5.91 Å². The smallest absolute Gasteiger partial charge is 0.258 e. The number of nitrogens with zero attached hydrogens (tertiary/aromatic N) is 1. The van der Waals surface area contributed by atoms with Gasteiger partial charge in [-0.05, 0) is 55.7 Å². The number of hydrogen-bond acceptors (Lipinski definition) is 5. The highest BCUT2D eigenvalue weighted by Gasteiger charge is 2.26. The summed E-state index contributed by atoms with van der Waals surface area (Å²) in [6, 6.07) is 11.5.